The summed E-state index contributed by atoms with van der Waals surface area (Å²) in [5.41, 5.74) is 1.54. The summed E-state index contributed by atoms with van der Waals surface area (Å²) in [5, 5.41) is 7.06. The molecule has 28 heavy (non-hydrogen) atoms. The Labute approximate surface area is 162 Å². The molecule has 3 aromatic rings. The highest BCUT2D eigenvalue weighted by Crippen LogP contribution is 2.27. The lowest BCUT2D eigenvalue weighted by molar-refractivity contribution is -0.117. The molecule has 0 atom stereocenters. The first kappa shape index (κ1) is 19.2. The van der Waals surface area contributed by atoms with Crippen molar-refractivity contribution in [2.45, 2.75) is 13.5 Å². The molecule has 1 aromatic heterocycles. The minimum Gasteiger partial charge on any atom is -0.496 e. The Morgan fingerprint density at radius 3 is 2.54 bits per heavy atom. The van der Waals surface area contributed by atoms with Crippen LogP contribution in [0.1, 0.15) is 6.92 Å². The van der Waals surface area contributed by atoms with Crippen LogP contribution in [-0.4, -0.2) is 29.4 Å². The Morgan fingerprint density at radius 1 is 1.07 bits per heavy atom. The molecule has 3 rings (SSSR count). The van der Waals surface area contributed by atoms with Gasteiger partial charge < -0.3 is 14.8 Å². The third kappa shape index (κ3) is 4.56. The second-order valence-electron chi connectivity index (χ2n) is 5.92. The van der Waals surface area contributed by atoms with Crippen molar-refractivity contribution in [1.29, 1.82) is 0 Å². The van der Waals surface area contributed by atoms with Crippen molar-refractivity contribution in [3.63, 3.8) is 0 Å². The third-order valence-corrected chi connectivity index (χ3v) is 3.99. The van der Waals surface area contributed by atoms with Crippen LogP contribution in [0.15, 0.2) is 65.5 Å². The molecule has 0 fully saturated rings. The van der Waals surface area contributed by atoms with Crippen LogP contribution in [0.2, 0.25) is 0 Å². The summed E-state index contributed by atoms with van der Waals surface area (Å²) in [6, 6.07) is 17.4. The Kier molecular flexibility index (Phi) is 6.06. The van der Waals surface area contributed by atoms with Crippen LogP contribution in [0.4, 0.5) is 5.69 Å². The molecule has 0 radical (unpaired) electrons. The number of para-hydroxylation sites is 1. The highest BCUT2D eigenvalue weighted by atomic mass is 16.5. The largest absolute Gasteiger partial charge is 0.496 e. The van der Waals surface area contributed by atoms with E-state index in [9.17, 15) is 9.59 Å². The van der Waals surface area contributed by atoms with Gasteiger partial charge in [0.2, 0.25) is 5.91 Å². The number of ether oxygens (including phenoxy) is 2. The van der Waals surface area contributed by atoms with E-state index in [0.717, 1.165) is 16.0 Å². The summed E-state index contributed by atoms with van der Waals surface area (Å²) in [4.78, 5) is 24.5. The number of hydrogen-bond donors (Lipinski definition) is 1. The van der Waals surface area contributed by atoms with Gasteiger partial charge in [-0.05, 0) is 49.4 Å². The van der Waals surface area contributed by atoms with E-state index < -0.39 is 0 Å². The van der Waals surface area contributed by atoms with Crippen molar-refractivity contribution < 1.29 is 14.3 Å². The smallest absolute Gasteiger partial charge is 0.267 e. The first-order chi connectivity index (χ1) is 13.6. The SMILES string of the molecule is CCOc1ccc(NC(=O)Cn2nc(-c3ccccc3OC)ccc2=O)cc1. The first-order valence-electron chi connectivity index (χ1n) is 8.85. The van der Waals surface area contributed by atoms with Crippen molar-refractivity contribution in [3.05, 3.63) is 71.0 Å². The molecule has 0 saturated carbocycles. The lowest BCUT2D eigenvalue weighted by Gasteiger charge is -2.11. The van der Waals surface area contributed by atoms with Crippen LogP contribution in [0.25, 0.3) is 11.3 Å². The summed E-state index contributed by atoms with van der Waals surface area (Å²) < 4.78 is 11.8. The summed E-state index contributed by atoms with van der Waals surface area (Å²) >= 11 is 0. The average molecular weight is 379 g/mol. The molecular weight excluding hydrogens is 358 g/mol. The molecule has 0 unspecified atom stereocenters. The lowest BCUT2D eigenvalue weighted by Crippen LogP contribution is -2.29. The number of hydrogen-bond acceptors (Lipinski definition) is 5. The molecule has 0 aliphatic rings. The molecule has 1 heterocycles. The van der Waals surface area contributed by atoms with Gasteiger partial charge in [-0.15, -0.1) is 0 Å². The number of amides is 1. The van der Waals surface area contributed by atoms with Gasteiger partial charge >= 0.3 is 0 Å². The van der Waals surface area contributed by atoms with Crippen LogP contribution in [-0.2, 0) is 11.3 Å². The molecule has 0 spiro atoms. The summed E-state index contributed by atoms with van der Waals surface area (Å²) in [7, 11) is 1.57. The lowest BCUT2D eigenvalue weighted by atomic mass is 10.1. The molecule has 2 aromatic carbocycles. The highest BCUT2D eigenvalue weighted by Gasteiger charge is 2.11. The molecule has 144 valence electrons. The molecule has 7 heteroatoms. The van der Waals surface area contributed by atoms with E-state index in [1.54, 1.807) is 37.4 Å². The number of aromatic nitrogens is 2. The van der Waals surface area contributed by atoms with Crippen molar-refractivity contribution in [3.8, 4) is 22.8 Å². The Hall–Kier alpha value is -3.61. The normalized spacial score (nSPS) is 10.4. The molecule has 1 N–H and O–H groups in total. The van der Waals surface area contributed by atoms with Crippen LogP contribution >= 0.6 is 0 Å². The maximum absolute atomic E-state index is 12.3. The second kappa shape index (κ2) is 8.85. The number of methoxy groups -OCH3 is 1. The maximum Gasteiger partial charge on any atom is 0.267 e. The van der Waals surface area contributed by atoms with Crippen molar-refractivity contribution in [1.82, 2.24) is 9.78 Å². The fraction of sp³-hybridized carbons (Fsp3) is 0.190. The van der Waals surface area contributed by atoms with E-state index in [2.05, 4.69) is 10.4 Å². The van der Waals surface area contributed by atoms with Crippen molar-refractivity contribution in [2.75, 3.05) is 19.0 Å². The van der Waals surface area contributed by atoms with Gasteiger partial charge in [0.1, 0.15) is 18.0 Å². The van der Waals surface area contributed by atoms with E-state index >= 15 is 0 Å². The van der Waals surface area contributed by atoms with Gasteiger partial charge in [-0.25, -0.2) is 4.68 Å². The summed E-state index contributed by atoms with van der Waals surface area (Å²) in [6.07, 6.45) is 0. The summed E-state index contributed by atoms with van der Waals surface area (Å²) in [6.45, 7) is 2.28. The van der Waals surface area contributed by atoms with Gasteiger partial charge in [0.05, 0.1) is 19.4 Å². The van der Waals surface area contributed by atoms with Gasteiger partial charge in [-0.1, -0.05) is 12.1 Å². The monoisotopic (exact) mass is 379 g/mol. The van der Waals surface area contributed by atoms with Gasteiger partial charge in [0, 0.05) is 17.3 Å². The molecular formula is C21H21N3O4. The third-order valence-electron chi connectivity index (χ3n) is 3.99. The zero-order valence-electron chi connectivity index (χ0n) is 15.7. The standard InChI is InChI=1S/C21H21N3O4/c1-3-28-16-10-8-15(9-11-16)22-20(25)14-24-21(26)13-12-18(23-24)17-6-4-5-7-19(17)27-2/h4-13H,3,14H2,1-2H3,(H,22,25). The number of benzene rings is 2. The number of nitrogens with zero attached hydrogens (tertiary/aromatic N) is 2. The number of anilines is 1. The minimum atomic E-state index is -0.361. The number of carbonyl (C=O) groups is 1. The van der Waals surface area contributed by atoms with Crippen molar-refractivity contribution >= 4 is 11.6 Å². The van der Waals surface area contributed by atoms with Crippen LogP contribution < -0.4 is 20.3 Å². The van der Waals surface area contributed by atoms with Crippen LogP contribution in [0.3, 0.4) is 0 Å². The number of rotatable bonds is 7. The Bertz CT molecular complexity index is 1010. The summed E-state index contributed by atoms with van der Waals surface area (Å²) in [5.74, 6) is 1.01. The van der Waals surface area contributed by atoms with Gasteiger partial charge in [-0.3, -0.25) is 9.59 Å². The minimum absolute atomic E-state index is 0.199. The maximum atomic E-state index is 12.3. The van der Waals surface area contributed by atoms with Gasteiger partial charge in [0.25, 0.3) is 5.56 Å². The molecule has 0 saturated heterocycles. The fourth-order valence-electron chi connectivity index (χ4n) is 2.70. The predicted octanol–water partition coefficient (Wildman–Crippen LogP) is 2.96. The second-order valence-corrected chi connectivity index (χ2v) is 5.92. The van der Waals surface area contributed by atoms with E-state index in [4.69, 9.17) is 9.47 Å². The average Bonchev–Trinajstić information content (AvgIpc) is 2.71. The Morgan fingerprint density at radius 2 is 1.82 bits per heavy atom. The zero-order valence-corrected chi connectivity index (χ0v) is 15.7. The Balaban J connectivity index is 1.76. The van der Waals surface area contributed by atoms with E-state index in [1.165, 1.54) is 6.07 Å². The fourth-order valence-corrected chi connectivity index (χ4v) is 2.70. The van der Waals surface area contributed by atoms with Gasteiger partial charge in [-0.2, -0.15) is 5.10 Å². The number of carbonyl (C=O) groups excluding carboxylic acids is 1. The quantitative estimate of drug-likeness (QED) is 0.682. The molecule has 0 aliphatic heterocycles. The molecule has 7 nitrogen and oxygen atoms in total. The highest BCUT2D eigenvalue weighted by molar-refractivity contribution is 5.90. The van der Waals surface area contributed by atoms with Gasteiger partial charge in [0.15, 0.2) is 0 Å². The van der Waals surface area contributed by atoms with Crippen molar-refractivity contribution in [2.24, 2.45) is 0 Å². The number of nitrogens with one attached hydrogen (secondary N) is 1. The first-order valence-corrected chi connectivity index (χ1v) is 8.85. The molecule has 0 bridgehead atoms. The predicted molar refractivity (Wildman–Crippen MR) is 107 cm³/mol. The van der Waals surface area contributed by atoms with E-state index in [1.807, 2.05) is 31.2 Å². The molecule has 1 amide bonds. The van der Waals surface area contributed by atoms with Crippen LogP contribution in [0, 0.1) is 0 Å². The van der Waals surface area contributed by atoms with E-state index in [0.29, 0.717) is 23.7 Å². The molecule has 0 aliphatic carbocycles. The van der Waals surface area contributed by atoms with Crippen LogP contribution in [0.5, 0.6) is 11.5 Å². The topological polar surface area (TPSA) is 82.4 Å². The zero-order chi connectivity index (χ0) is 19.9. The van der Waals surface area contributed by atoms with E-state index in [-0.39, 0.29) is 18.0 Å².